The van der Waals surface area contributed by atoms with Crippen LogP contribution in [0.1, 0.15) is 0 Å². The van der Waals surface area contributed by atoms with Crippen LogP contribution in [0.3, 0.4) is 0 Å². The van der Waals surface area contributed by atoms with Gasteiger partial charge < -0.3 is 4.42 Å². The molecule has 0 spiro atoms. The summed E-state index contributed by atoms with van der Waals surface area (Å²) in [5.41, 5.74) is 11.0. The maximum Gasteiger partial charge on any atom is 0.181 e. The molecule has 0 aliphatic carbocycles. The second kappa shape index (κ2) is 10.5. The number of hydrogen-bond acceptors (Lipinski definition) is 4. The van der Waals surface area contributed by atoms with Gasteiger partial charge in [-0.3, -0.25) is 0 Å². The third-order valence-corrected chi connectivity index (χ3v) is 7.85. The molecule has 202 valence electrons. The fourth-order valence-corrected chi connectivity index (χ4v) is 5.75. The highest BCUT2D eigenvalue weighted by molar-refractivity contribution is 6.05. The minimum atomic E-state index is 0.703. The van der Waals surface area contributed by atoms with Gasteiger partial charge in [0, 0.05) is 16.7 Å². The lowest BCUT2D eigenvalue weighted by Crippen LogP contribution is -1.96. The van der Waals surface area contributed by atoms with Crippen LogP contribution in [-0.4, -0.2) is 15.0 Å². The molecule has 0 radical (unpaired) electrons. The number of oxazole rings is 1. The highest BCUT2D eigenvalue weighted by Crippen LogP contribution is 2.40. The highest BCUT2D eigenvalue weighted by Gasteiger charge is 2.16. The van der Waals surface area contributed by atoms with Gasteiger partial charge in [0.1, 0.15) is 5.52 Å². The molecule has 0 N–H and O–H groups in total. The Morgan fingerprint density at radius 1 is 0.465 bits per heavy atom. The van der Waals surface area contributed by atoms with Crippen molar-refractivity contribution in [2.24, 2.45) is 0 Å². The van der Waals surface area contributed by atoms with Crippen LogP contribution in [0, 0.1) is 0 Å². The molecule has 2 heterocycles. The van der Waals surface area contributed by atoms with Crippen LogP contribution in [0.2, 0.25) is 0 Å². The Kier molecular flexibility index (Phi) is 6.08. The van der Waals surface area contributed by atoms with Crippen LogP contribution in [-0.2, 0) is 0 Å². The lowest BCUT2D eigenvalue weighted by atomic mass is 9.89. The van der Waals surface area contributed by atoms with Gasteiger partial charge in [0.05, 0.1) is 11.4 Å². The predicted octanol–water partition coefficient (Wildman–Crippen LogP) is 10.1. The summed E-state index contributed by atoms with van der Waals surface area (Å²) in [6.45, 7) is 0. The summed E-state index contributed by atoms with van der Waals surface area (Å²) in [6.07, 6.45) is 1.49. The van der Waals surface area contributed by atoms with Crippen LogP contribution in [0.25, 0.3) is 78.0 Å². The molecule has 0 aliphatic rings. The zero-order chi connectivity index (χ0) is 28.6. The summed E-state index contributed by atoms with van der Waals surface area (Å²) in [4.78, 5) is 14.5. The van der Waals surface area contributed by atoms with Crippen molar-refractivity contribution in [1.29, 1.82) is 0 Å². The maximum atomic E-state index is 5.52. The number of fused-ring (bicyclic) bond motifs is 2. The highest BCUT2D eigenvalue weighted by atomic mass is 16.3. The Morgan fingerprint density at radius 3 is 2.00 bits per heavy atom. The van der Waals surface area contributed by atoms with Crippen molar-refractivity contribution in [3.8, 4) is 56.2 Å². The van der Waals surface area contributed by atoms with E-state index in [1.807, 2.05) is 42.5 Å². The monoisotopic (exact) mass is 551 g/mol. The lowest BCUT2D eigenvalue weighted by Gasteiger charge is -2.15. The van der Waals surface area contributed by atoms with E-state index in [0.29, 0.717) is 5.82 Å². The summed E-state index contributed by atoms with van der Waals surface area (Å²) in [5.74, 6) is 0.703. The smallest absolute Gasteiger partial charge is 0.181 e. The van der Waals surface area contributed by atoms with Crippen molar-refractivity contribution >= 4 is 21.9 Å². The predicted molar refractivity (Wildman–Crippen MR) is 174 cm³/mol. The fourth-order valence-electron chi connectivity index (χ4n) is 5.75. The molecule has 0 saturated carbocycles. The average Bonchev–Trinajstić information content (AvgIpc) is 3.57. The lowest BCUT2D eigenvalue weighted by molar-refractivity contribution is 0.602. The first kappa shape index (κ1) is 24.9. The molecule has 0 atom stereocenters. The largest absolute Gasteiger partial charge is 0.443 e. The van der Waals surface area contributed by atoms with Crippen molar-refractivity contribution in [3.05, 3.63) is 152 Å². The van der Waals surface area contributed by atoms with Crippen molar-refractivity contribution < 1.29 is 4.42 Å². The number of aromatic nitrogens is 3. The second-order valence-electron chi connectivity index (χ2n) is 10.5. The molecule has 2 aromatic heterocycles. The Morgan fingerprint density at radius 2 is 1.16 bits per heavy atom. The average molecular weight is 552 g/mol. The van der Waals surface area contributed by atoms with E-state index in [0.717, 1.165) is 55.9 Å². The normalized spacial score (nSPS) is 11.3. The number of nitrogens with zero attached hydrogens (tertiary/aromatic N) is 3. The van der Waals surface area contributed by atoms with Gasteiger partial charge in [-0.1, -0.05) is 121 Å². The molecular weight excluding hydrogens is 526 g/mol. The van der Waals surface area contributed by atoms with Gasteiger partial charge in [-0.05, 0) is 57.3 Å². The second-order valence-corrected chi connectivity index (χ2v) is 10.5. The third-order valence-electron chi connectivity index (χ3n) is 7.85. The van der Waals surface area contributed by atoms with E-state index < -0.39 is 0 Å². The maximum absolute atomic E-state index is 5.52. The van der Waals surface area contributed by atoms with Crippen molar-refractivity contribution in [1.82, 2.24) is 15.0 Å². The first-order valence-corrected chi connectivity index (χ1v) is 14.3. The molecule has 4 nitrogen and oxygen atoms in total. The van der Waals surface area contributed by atoms with E-state index in [1.165, 1.54) is 22.7 Å². The zero-order valence-corrected chi connectivity index (χ0v) is 23.2. The Hall–Kier alpha value is -5.87. The Labute approximate surface area is 249 Å². The van der Waals surface area contributed by atoms with Gasteiger partial charge in [-0.25, -0.2) is 15.0 Å². The van der Waals surface area contributed by atoms with Crippen LogP contribution < -0.4 is 0 Å². The molecule has 0 unspecified atom stereocenters. The first-order chi connectivity index (χ1) is 21.3. The summed E-state index contributed by atoms with van der Waals surface area (Å²) < 4.78 is 5.52. The molecule has 4 heteroatoms. The van der Waals surface area contributed by atoms with Gasteiger partial charge in [-0.2, -0.15) is 0 Å². The minimum Gasteiger partial charge on any atom is -0.443 e. The fraction of sp³-hybridized carbons (Fsp3) is 0. The molecule has 0 amide bonds. The van der Waals surface area contributed by atoms with E-state index in [-0.39, 0.29) is 0 Å². The van der Waals surface area contributed by atoms with Gasteiger partial charge in [0.2, 0.25) is 0 Å². The topological polar surface area (TPSA) is 51.8 Å². The standard InChI is InChI=1S/C39H25N3O/c1-3-11-27(12-4-1)34-24-35(42-39(41-34)28-13-5-2-6-14-28)30-15-9-16-31(22-30)38-32-17-8-7-10-26(32)18-20-33(38)29-19-21-37-36(23-29)40-25-43-37/h1-25H. The van der Waals surface area contributed by atoms with E-state index in [4.69, 9.17) is 14.4 Å². The van der Waals surface area contributed by atoms with E-state index >= 15 is 0 Å². The number of rotatable bonds is 5. The van der Waals surface area contributed by atoms with Crippen LogP contribution in [0.4, 0.5) is 0 Å². The molecule has 0 saturated heterocycles. The molecular formula is C39H25N3O. The van der Waals surface area contributed by atoms with E-state index in [9.17, 15) is 0 Å². The summed E-state index contributed by atoms with van der Waals surface area (Å²) in [6, 6.07) is 50.3. The molecule has 8 aromatic rings. The number of hydrogen-bond donors (Lipinski definition) is 0. The molecule has 43 heavy (non-hydrogen) atoms. The van der Waals surface area contributed by atoms with Crippen molar-refractivity contribution in [3.63, 3.8) is 0 Å². The SMILES string of the molecule is c1ccc(-c2cc(-c3cccc(-c4c(-c5ccc6ocnc6c5)ccc5ccccc45)c3)nc(-c3ccccc3)n2)cc1. The van der Waals surface area contributed by atoms with E-state index in [1.54, 1.807) is 0 Å². The van der Waals surface area contributed by atoms with Gasteiger partial charge in [-0.15, -0.1) is 0 Å². The van der Waals surface area contributed by atoms with E-state index in [2.05, 4.69) is 108 Å². The van der Waals surface area contributed by atoms with Gasteiger partial charge in [0.25, 0.3) is 0 Å². The minimum absolute atomic E-state index is 0.703. The molecule has 8 rings (SSSR count). The van der Waals surface area contributed by atoms with Crippen LogP contribution in [0.15, 0.2) is 156 Å². The van der Waals surface area contributed by atoms with Crippen molar-refractivity contribution in [2.75, 3.05) is 0 Å². The Balaban J connectivity index is 1.33. The van der Waals surface area contributed by atoms with Crippen LogP contribution in [0.5, 0.6) is 0 Å². The zero-order valence-electron chi connectivity index (χ0n) is 23.2. The summed E-state index contributed by atoms with van der Waals surface area (Å²) in [5, 5.41) is 2.38. The Bertz CT molecular complexity index is 2180. The first-order valence-electron chi connectivity index (χ1n) is 14.3. The molecule has 0 aliphatic heterocycles. The number of benzene rings is 6. The quantitative estimate of drug-likeness (QED) is 0.214. The van der Waals surface area contributed by atoms with Gasteiger partial charge in [0.15, 0.2) is 17.8 Å². The van der Waals surface area contributed by atoms with Crippen LogP contribution >= 0.6 is 0 Å². The molecule has 0 fully saturated rings. The third kappa shape index (κ3) is 4.65. The summed E-state index contributed by atoms with van der Waals surface area (Å²) in [7, 11) is 0. The van der Waals surface area contributed by atoms with Crippen molar-refractivity contribution in [2.45, 2.75) is 0 Å². The molecule has 6 aromatic carbocycles. The molecule has 0 bridgehead atoms. The van der Waals surface area contributed by atoms with Gasteiger partial charge >= 0.3 is 0 Å². The summed E-state index contributed by atoms with van der Waals surface area (Å²) >= 11 is 0.